The maximum Gasteiger partial charge on any atom is 0.269 e. The molecule has 2 rings (SSSR count). The van der Waals surface area contributed by atoms with Crippen molar-refractivity contribution in [3.05, 3.63) is 69.8 Å². The van der Waals surface area contributed by atoms with Gasteiger partial charge in [-0.3, -0.25) is 14.9 Å². The fraction of sp³-hybridized carbons (Fsp3) is 0.316. The normalized spacial score (nSPS) is 13.0. The number of hydrogen-bond acceptors (Lipinski definition) is 4. The fourth-order valence-electron chi connectivity index (χ4n) is 2.47. The number of nitrogens with zero attached hydrogens (tertiary/aromatic N) is 2. The van der Waals surface area contributed by atoms with Crippen LogP contribution >= 0.6 is 0 Å². The highest BCUT2D eigenvalue weighted by Gasteiger charge is 2.24. The Bertz CT molecular complexity index is 758. The van der Waals surface area contributed by atoms with Crippen molar-refractivity contribution in [3.8, 4) is 5.75 Å². The van der Waals surface area contributed by atoms with Gasteiger partial charge >= 0.3 is 0 Å². The first-order valence-electron chi connectivity index (χ1n) is 8.04. The highest BCUT2D eigenvalue weighted by atomic mass is 16.6. The van der Waals surface area contributed by atoms with E-state index in [4.69, 9.17) is 4.74 Å². The third-order valence-corrected chi connectivity index (χ3v) is 4.17. The highest BCUT2D eigenvalue weighted by molar-refractivity contribution is 5.81. The van der Waals surface area contributed by atoms with E-state index in [1.807, 2.05) is 38.1 Å². The number of rotatable bonds is 6. The van der Waals surface area contributed by atoms with E-state index in [1.54, 1.807) is 26.1 Å². The largest absolute Gasteiger partial charge is 0.481 e. The zero-order valence-electron chi connectivity index (χ0n) is 14.8. The van der Waals surface area contributed by atoms with Crippen LogP contribution in [-0.4, -0.2) is 28.9 Å². The van der Waals surface area contributed by atoms with Crippen LogP contribution in [0.25, 0.3) is 0 Å². The van der Waals surface area contributed by atoms with E-state index in [0.29, 0.717) is 11.3 Å². The molecule has 0 radical (unpaired) electrons. The molecule has 0 heterocycles. The number of hydrogen-bond donors (Lipinski definition) is 0. The van der Waals surface area contributed by atoms with Gasteiger partial charge in [0.1, 0.15) is 5.75 Å². The maximum absolute atomic E-state index is 12.6. The molecule has 2 aromatic rings. The smallest absolute Gasteiger partial charge is 0.269 e. The van der Waals surface area contributed by atoms with E-state index < -0.39 is 11.0 Å². The number of benzene rings is 2. The summed E-state index contributed by atoms with van der Waals surface area (Å²) in [6.45, 7) is 5.50. The lowest BCUT2D eigenvalue weighted by Crippen LogP contribution is -2.39. The minimum absolute atomic E-state index is 0.00847. The number of carbonyl (C=O) groups excluding carboxylic acids is 1. The van der Waals surface area contributed by atoms with Gasteiger partial charge in [0.2, 0.25) is 0 Å². The minimum atomic E-state index is -0.658. The van der Waals surface area contributed by atoms with E-state index in [9.17, 15) is 14.9 Å². The molecule has 2 aromatic carbocycles. The standard InChI is InChI=1S/C19H22N2O4/c1-13-8-10-18(11-9-13)25-15(3)19(22)20(4)14(2)16-6-5-7-17(12-16)21(23)24/h5-12,14-15H,1-4H3/t14-,15-/m1/s1. The summed E-state index contributed by atoms with van der Waals surface area (Å²) in [7, 11) is 1.67. The van der Waals surface area contributed by atoms with Crippen molar-refractivity contribution in [3.63, 3.8) is 0 Å². The van der Waals surface area contributed by atoms with E-state index in [1.165, 1.54) is 17.0 Å². The number of likely N-dealkylation sites (N-methyl/N-ethyl adjacent to an activating group) is 1. The molecule has 0 spiro atoms. The number of amides is 1. The molecule has 0 aliphatic rings. The molecular weight excluding hydrogens is 320 g/mol. The molecule has 0 aliphatic heterocycles. The van der Waals surface area contributed by atoms with Gasteiger partial charge in [0, 0.05) is 19.2 Å². The Hall–Kier alpha value is -2.89. The van der Waals surface area contributed by atoms with Gasteiger partial charge in [0.15, 0.2) is 6.10 Å². The Morgan fingerprint density at radius 1 is 1.16 bits per heavy atom. The second-order valence-corrected chi connectivity index (χ2v) is 6.05. The molecule has 132 valence electrons. The Morgan fingerprint density at radius 3 is 2.40 bits per heavy atom. The zero-order valence-corrected chi connectivity index (χ0v) is 14.8. The van der Waals surface area contributed by atoms with Crippen LogP contribution < -0.4 is 4.74 Å². The Morgan fingerprint density at radius 2 is 1.80 bits per heavy atom. The topological polar surface area (TPSA) is 72.7 Å². The molecule has 0 fully saturated rings. The Kier molecular flexibility index (Phi) is 5.75. The van der Waals surface area contributed by atoms with Crippen molar-refractivity contribution in [1.82, 2.24) is 4.90 Å². The van der Waals surface area contributed by atoms with Crippen LogP contribution in [0.15, 0.2) is 48.5 Å². The zero-order chi connectivity index (χ0) is 18.6. The van der Waals surface area contributed by atoms with Crippen LogP contribution in [0.2, 0.25) is 0 Å². The van der Waals surface area contributed by atoms with Crippen molar-refractivity contribution >= 4 is 11.6 Å². The molecule has 25 heavy (non-hydrogen) atoms. The first-order chi connectivity index (χ1) is 11.8. The molecule has 0 bridgehead atoms. The van der Waals surface area contributed by atoms with E-state index >= 15 is 0 Å². The van der Waals surface area contributed by atoms with Gasteiger partial charge in [-0.15, -0.1) is 0 Å². The molecule has 0 aliphatic carbocycles. The maximum atomic E-state index is 12.6. The van der Waals surface area contributed by atoms with Gasteiger partial charge in [0.05, 0.1) is 11.0 Å². The summed E-state index contributed by atoms with van der Waals surface area (Å²) in [5.41, 5.74) is 1.82. The first-order valence-corrected chi connectivity index (χ1v) is 8.04. The lowest BCUT2D eigenvalue weighted by atomic mass is 10.1. The molecule has 0 saturated carbocycles. The molecule has 0 unspecified atom stereocenters. The molecule has 6 heteroatoms. The summed E-state index contributed by atoms with van der Waals surface area (Å²) in [5.74, 6) is 0.433. The van der Waals surface area contributed by atoms with Gasteiger partial charge in [0.25, 0.3) is 11.6 Å². The van der Waals surface area contributed by atoms with E-state index in [-0.39, 0.29) is 17.6 Å². The highest BCUT2D eigenvalue weighted by Crippen LogP contribution is 2.24. The molecule has 0 N–H and O–H groups in total. The summed E-state index contributed by atoms with van der Waals surface area (Å²) in [4.78, 5) is 24.6. The molecular formula is C19H22N2O4. The lowest BCUT2D eigenvalue weighted by Gasteiger charge is -2.28. The monoisotopic (exact) mass is 342 g/mol. The van der Waals surface area contributed by atoms with Crippen LogP contribution in [-0.2, 0) is 4.79 Å². The fourth-order valence-corrected chi connectivity index (χ4v) is 2.47. The molecule has 1 amide bonds. The number of non-ortho nitro benzene ring substituents is 1. The SMILES string of the molecule is Cc1ccc(O[C@H](C)C(=O)N(C)[C@H](C)c2cccc([N+](=O)[O-])c2)cc1. The summed E-state index contributed by atoms with van der Waals surface area (Å²) in [6, 6.07) is 13.5. The van der Waals surface area contributed by atoms with Crippen LogP contribution in [0.3, 0.4) is 0 Å². The predicted octanol–water partition coefficient (Wildman–Crippen LogP) is 3.89. The number of carbonyl (C=O) groups is 1. The van der Waals surface area contributed by atoms with Crippen molar-refractivity contribution in [2.45, 2.75) is 32.9 Å². The Balaban J connectivity index is 2.08. The summed E-state index contributed by atoms with van der Waals surface area (Å²) in [5, 5.41) is 10.9. The summed E-state index contributed by atoms with van der Waals surface area (Å²) < 4.78 is 5.70. The lowest BCUT2D eigenvalue weighted by molar-refractivity contribution is -0.384. The van der Waals surface area contributed by atoms with Crippen LogP contribution in [0, 0.1) is 17.0 Å². The number of ether oxygens (including phenoxy) is 1. The molecule has 2 atom stereocenters. The van der Waals surface area contributed by atoms with Gasteiger partial charge < -0.3 is 9.64 Å². The number of aryl methyl sites for hydroxylation is 1. The summed E-state index contributed by atoms with van der Waals surface area (Å²) in [6.07, 6.45) is -0.658. The average molecular weight is 342 g/mol. The van der Waals surface area contributed by atoms with Gasteiger partial charge in [-0.1, -0.05) is 29.8 Å². The molecule has 6 nitrogen and oxygen atoms in total. The quantitative estimate of drug-likeness (QED) is 0.590. The van der Waals surface area contributed by atoms with Crippen molar-refractivity contribution in [1.29, 1.82) is 0 Å². The number of nitro groups is 1. The van der Waals surface area contributed by atoms with Crippen LogP contribution in [0.4, 0.5) is 5.69 Å². The second kappa shape index (κ2) is 7.79. The Labute approximate surface area is 147 Å². The van der Waals surface area contributed by atoms with Crippen molar-refractivity contribution in [2.75, 3.05) is 7.05 Å². The average Bonchev–Trinajstić information content (AvgIpc) is 2.61. The van der Waals surface area contributed by atoms with E-state index in [2.05, 4.69) is 0 Å². The molecule has 0 saturated heterocycles. The third-order valence-electron chi connectivity index (χ3n) is 4.17. The minimum Gasteiger partial charge on any atom is -0.481 e. The summed E-state index contributed by atoms with van der Waals surface area (Å²) >= 11 is 0. The van der Waals surface area contributed by atoms with Crippen LogP contribution in [0.5, 0.6) is 5.75 Å². The second-order valence-electron chi connectivity index (χ2n) is 6.05. The van der Waals surface area contributed by atoms with Gasteiger partial charge in [-0.25, -0.2) is 0 Å². The van der Waals surface area contributed by atoms with Crippen molar-refractivity contribution < 1.29 is 14.5 Å². The van der Waals surface area contributed by atoms with Crippen molar-refractivity contribution in [2.24, 2.45) is 0 Å². The van der Waals surface area contributed by atoms with Gasteiger partial charge in [-0.05, 0) is 38.5 Å². The van der Waals surface area contributed by atoms with E-state index in [0.717, 1.165) is 5.56 Å². The number of nitro benzene ring substituents is 1. The first kappa shape index (κ1) is 18.4. The predicted molar refractivity (Wildman–Crippen MR) is 95.6 cm³/mol. The molecule has 0 aromatic heterocycles. The third kappa shape index (κ3) is 4.56. The van der Waals surface area contributed by atoms with Gasteiger partial charge in [-0.2, -0.15) is 0 Å². The van der Waals surface area contributed by atoms with Crippen LogP contribution in [0.1, 0.15) is 31.0 Å².